The highest BCUT2D eigenvalue weighted by Crippen LogP contribution is 2.21. The fourth-order valence-corrected chi connectivity index (χ4v) is 2.99. The number of Topliss-reactive ketones (excluding diaryl/α,β-unsaturated/α-hetero) is 1. The number of aromatic amines is 1. The summed E-state index contributed by atoms with van der Waals surface area (Å²) in [5.41, 5.74) is 3.35. The molecule has 0 atom stereocenters. The largest absolute Gasteiger partial charge is 0.462 e. The van der Waals surface area contributed by atoms with E-state index in [2.05, 4.69) is 10.1 Å². The Morgan fingerprint density at radius 2 is 1.89 bits per heavy atom. The molecule has 0 aliphatic heterocycles. The molecule has 3 rings (SSSR count). The highest BCUT2D eigenvalue weighted by molar-refractivity contribution is 6.01. The minimum absolute atomic E-state index is 0.0181. The molecule has 1 aromatic carbocycles. The monoisotopic (exact) mass is 369 g/mol. The average Bonchev–Trinajstić information content (AvgIpc) is 3.20. The second-order valence-corrected chi connectivity index (χ2v) is 6.17. The van der Waals surface area contributed by atoms with E-state index in [1.54, 1.807) is 45.2 Å². The molecule has 0 saturated carbocycles. The van der Waals surface area contributed by atoms with Crippen LogP contribution in [0.4, 0.5) is 4.39 Å². The Hall–Kier alpha value is -3.22. The number of H-pyrrole nitrogens is 1. The van der Waals surface area contributed by atoms with E-state index >= 15 is 0 Å². The van der Waals surface area contributed by atoms with Crippen LogP contribution in [-0.4, -0.2) is 33.1 Å². The van der Waals surface area contributed by atoms with Gasteiger partial charge >= 0.3 is 5.97 Å². The molecule has 3 aromatic rings. The minimum Gasteiger partial charge on any atom is -0.462 e. The lowest BCUT2D eigenvalue weighted by Crippen LogP contribution is -2.13. The van der Waals surface area contributed by atoms with Crippen molar-refractivity contribution < 1.29 is 18.7 Å². The molecule has 27 heavy (non-hydrogen) atoms. The molecule has 140 valence electrons. The van der Waals surface area contributed by atoms with Gasteiger partial charge in [0.1, 0.15) is 12.4 Å². The number of hydrogen-bond acceptors (Lipinski definition) is 4. The van der Waals surface area contributed by atoms with Crippen molar-refractivity contribution >= 4 is 11.8 Å². The van der Waals surface area contributed by atoms with E-state index in [9.17, 15) is 14.0 Å². The van der Waals surface area contributed by atoms with Crippen LogP contribution in [0.25, 0.3) is 11.3 Å². The van der Waals surface area contributed by atoms with Gasteiger partial charge in [0.15, 0.2) is 0 Å². The first-order valence-electron chi connectivity index (χ1n) is 8.59. The summed E-state index contributed by atoms with van der Waals surface area (Å²) in [4.78, 5) is 27.7. The third-order valence-corrected chi connectivity index (χ3v) is 4.28. The van der Waals surface area contributed by atoms with E-state index in [0.717, 1.165) is 5.56 Å². The topological polar surface area (TPSA) is 77.0 Å². The summed E-state index contributed by atoms with van der Waals surface area (Å²) in [7, 11) is 0. The number of hydrogen-bond donors (Lipinski definition) is 1. The first-order chi connectivity index (χ1) is 12.9. The number of aromatic nitrogens is 3. The molecule has 0 unspecified atom stereocenters. The lowest BCUT2D eigenvalue weighted by Gasteiger charge is -2.03. The van der Waals surface area contributed by atoms with Gasteiger partial charge in [0.2, 0.25) is 5.78 Å². The second-order valence-electron chi connectivity index (χ2n) is 6.17. The van der Waals surface area contributed by atoms with Crippen molar-refractivity contribution in [2.45, 2.75) is 27.3 Å². The smallest absolute Gasteiger partial charge is 0.340 e. The summed E-state index contributed by atoms with van der Waals surface area (Å²) in [5.74, 6) is -0.955. The van der Waals surface area contributed by atoms with E-state index < -0.39 is 5.97 Å². The first-order valence-corrected chi connectivity index (χ1v) is 8.59. The molecule has 0 saturated heterocycles. The molecule has 6 nitrogen and oxygen atoms in total. The van der Waals surface area contributed by atoms with Gasteiger partial charge in [-0.15, -0.1) is 0 Å². The van der Waals surface area contributed by atoms with Gasteiger partial charge in [-0.2, -0.15) is 5.10 Å². The zero-order valence-corrected chi connectivity index (χ0v) is 15.4. The lowest BCUT2D eigenvalue weighted by atomic mass is 10.1. The summed E-state index contributed by atoms with van der Waals surface area (Å²) >= 11 is 0. The maximum atomic E-state index is 13.0. The van der Waals surface area contributed by atoms with E-state index in [4.69, 9.17) is 4.74 Å². The van der Waals surface area contributed by atoms with Crippen LogP contribution in [0.1, 0.15) is 39.0 Å². The van der Waals surface area contributed by atoms with E-state index in [1.165, 1.54) is 16.8 Å². The van der Waals surface area contributed by atoms with Crippen molar-refractivity contribution in [3.05, 3.63) is 64.9 Å². The number of aryl methyl sites for hydroxylation is 1. The maximum absolute atomic E-state index is 13.0. The Balaban J connectivity index is 1.79. The number of carbonyl (C=O) groups is 2. The molecule has 0 spiro atoms. The van der Waals surface area contributed by atoms with Gasteiger partial charge in [0, 0.05) is 17.5 Å². The molecular weight excluding hydrogens is 349 g/mol. The normalized spacial score (nSPS) is 10.8. The second kappa shape index (κ2) is 7.57. The fraction of sp³-hybridized carbons (Fsp3) is 0.250. The van der Waals surface area contributed by atoms with Gasteiger partial charge in [-0.3, -0.25) is 9.48 Å². The summed E-state index contributed by atoms with van der Waals surface area (Å²) in [5, 5.41) is 4.37. The molecule has 7 heteroatoms. The number of nitrogens with zero attached hydrogens (tertiary/aromatic N) is 2. The number of ketones is 1. The van der Waals surface area contributed by atoms with E-state index in [0.29, 0.717) is 28.2 Å². The molecule has 0 fully saturated rings. The van der Waals surface area contributed by atoms with Gasteiger partial charge in [-0.25, -0.2) is 9.18 Å². The molecule has 0 radical (unpaired) electrons. The molecule has 0 bridgehead atoms. The zero-order chi connectivity index (χ0) is 19.6. The number of esters is 1. The Bertz CT molecular complexity index is 987. The first kappa shape index (κ1) is 18.6. The summed E-state index contributed by atoms with van der Waals surface area (Å²) in [6.07, 6.45) is 1.69. The van der Waals surface area contributed by atoms with Crippen LogP contribution in [0.15, 0.2) is 36.5 Å². The predicted molar refractivity (Wildman–Crippen MR) is 98.2 cm³/mol. The highest BCUT2D eigenvalue weighted by atomic mass is 19.1. The summed E-state index contributed by atoms with van der Waals surface area (Å²) in [6.45, 7) is 5.47. The number of nitrogens with one attached hydrogen (secondary N) is 1. The zero-order valence-electron chi connectivity index (χ0n) is 15.4. The summed E-state index contributed by atoms with van der Waals surface area (Å²) < 4.78 is 19.6. The Morgan fingerprint density at radius 1 is 1.19 bits per heavy atom. The molecule has 0 amide bonds. The van der Waals surface area contributed by atoms with Crippen LogP contribution in [-0.2, 0) is 11.3 Å². The van der Waals surface area contributed by atoms with Crippen molar-refractivity contribution in [3.63, 3.8) is 0 Å². The number of halogens is 1. The van der Waals surface area contributed by atoms with Crippen LogP contribution in [0.2, 0.25) is 0 Å². The van der Waals surface area contributed by atoms with Crippen molar-refractivity contribution in [1.29, 1.82) is 0 Å². The molecule has 2 aromatic heterocycles. The summed E-state index contributed by atoms with van der Waals surface area (Å²) in [6, 6.07) is 7.75. The molecule has 0 aliphatic rings. The predicted octanol–water partition coefficient (Wildman–Crippen LogP) is 3.69. The Kier molecular flexibility index (Phi) is 5.21. The Labute approximate surface area is 156 Å². The van der Waals surface area contributed by atoms with Crippen LogP contribution >= 0.6 is 0 Å². The van der Waals surface area contributed by atoms with Gasteiger partial charge < -0.3 is 9.72 Å². The molecule has 0 aliphatic carbocycles. The van der Waals surface area contributed by atoms with Gasteiger partial charge in [-0.05, 0) is 56.7 Å². The van der Waals surface area contributed by atoms with Crippen molar-refractivity contribution in [3.8, 4) is 11.3 Å². The quantitative estimate of drug-likeness (QED) is 0.531. The third-order valence-electron chi connectivity index (χ3n) is 4.28. The van der Waals surface area contributed by atoms with Crippen LogP contribution in [0.5, 0.6) is 0 Å². The maximum Gasteiger partial charge on any atom is 0.340 e. The number of benzene rings is 1. The number of ether oxygens (including phenoxy) is 1. The van der Waals surface area contributed by atoms with Crippen LogP contribution < -0.4 is 0 Å². The van der Waals surface area contributed by atoms with Gasteiger partial charge in [-0.1, -0.05) is 0 Å². The van der Waals surface area contributed by atoms with E-state index in [1.807, 2.05) is 0 Å². The van der Waals surface area contributed by atoms with Crippen LogP contribution in [0.3, 0.4) is 0 Å². The SMILES string of the molecule is CCOC(=O)c1c(C)[nH]c(C(=O)Cn2ccc(-c3ccc(F)cc3)n2)c1C. The highest BCUT2D eigenvalue weighted by Gasteiger charge is 2.23. The molecule has 1 N–H and O–H groups in total. The van der Waals surface area contributed by atoms with Gasteiger partial charge in [0.05, 0.1) is 23.6 Å². The van der Waals surface area contributed by atoms with Crippen LogP contribution in [0, 0.1) is 19.7 Å². The third kappa shape index (κ3) is 3.81. The minimum atomic E-state index is -0.444. The molecule has 2 heterocycles. The fourth-order valence-electron chi connectivity index (χ4n) is 2.99. The number of rotatable bonds is 6. The van der Waals surface area contributed by atoms with E-state index in [-0.39, 0.29) is 24.8 Å². The van der Waals surface area contributed by atoms with Gasteiger partial charge in [0.25, 0.3) is 0 Å². The van der Waals surface area contributed by atoms with Crippen molar-refractivity contribution in [2.24, 2.45) is 0 Å². The molecular formula is C20H20FN3O3. The standard InChI is InChI=1S/C20H20FN3O3/c1-4-27-20(26)18-12(2)19(22-13(18)3)17(25)11-24-10-9-16(23-24)14-5-7-15(21)8-6-14/h5-10,22H,4,11H2,1-3H3. The number of carbonyl (C=O) groups excluding carboxylic acids is 2. The average molecular weight is 369 g/mol. The van der Waals surface area contributed by atoms with Crippen molar-refractivity contribution in [1.82, 2.24) is 14.8 Å². The lowest BCUT2D eigenvalue weighted by molar-refractivity contribution is 0.0525. The van der Waals surface area contributed by atoms with Crippen molar-refractivity contribution in [2.75, 3.05) is 6.61 Å². The Morgan fingerprint density at radius 3 is 2.56 bits per heavy atom.